The maximum absolute atomic E-state index is 13.8. The lowest BCUT2D eigenvalue weighted by atomic mass is 9.81. The van der Waals surface area contributed by atoms with E-state index in [1.807, 2.05) is 60.5 Å². The van der Waals surface area contributed by atoms with Crippen LogP contribution in [-0.2, 0) is 49.6 Å². The number of carbonyl (C=O) groups is 3. The number of rotatable bonds is 9. The normalized spacial score (nSPS) is 20.6. The first-order valence-electron chi connectivity index (χ1n) is 19.9. The van der Waals surface area contributed by atoms with E-state index in [1.54, 1.807) is 6.07 Å². The lowest BCUT2D eigenvalue weighted by molar-refractivity contribution is -0.143. The van der Waals surface area contributed by atoms with E-state index < -0.39 is 5.97 Å². The molecule has 0 atom stereocenters. The molecule has 0 spiro atoms. The summed E-state index contributed by atoms with van der Waals surface area (Å²) in [5.41, 5.74) is 7.55. The second kappa shape index (κ2) is 16.1. The Kier molecular flexibility index (Phi) is 11.0. The second-order valence-electron chi connectivity index (χ2n) is 15.9. The van der Waals surface area contributed by atoms with Crippen molar-refractivity contribution in [2.24, 2.45) is 25.9 Å². The Morgan fingerprint density at radius 1 is 0.804 bits per heavy atom. The van der Waals surface area contributed by atoms with E-state index >= 15 is 0 Å². The first kappa shape index (κ1) is 38.3. The van der Waals surface area contributed by atoms with E-state index in [1.165, 1.54) is 0 Å². The lowest BCUT2D eigenvalue weighted by Crippen LogP contribution is -2.42. The topological polar surface area (TPSA) is 147 Å². The van der Waals surface area contributed by atoms with Crippen LogP contribution in [0.25, 0.3) is 11.1 Å². The third-order valence-corrected chi connectivity index (χ3v) is 13.0. The first-order valence-corrected chi connectivity index (χ1v) is 20.3. The van der Waals surface area contributed by atoms with Gasteiger partial charge in [0.25, 0.3) is 11.8 Å². The number of carboxylic acids is 1. The number of hydrogen-bond acceptors (Lipinski definition) is 8. The van der Waals surface area contributed by atoms with Gasteiger partial charge in [-0.2, -0.15) is 0 Å². The number of carboxylic acid groups (broad SMARTS) is 1. The van der Waals surface area contributed by atoms with Crippen LogP contribution in [0.15, 0.2) is 36.4 Å². The van der Waals surface area contributed by atoms with Gasteiger partial charge in [0.15, 0.2) is 11.6 Å². The Hall–Kier alpha value is -4.56. The van der Waals surface area contributed by atoms with E-state index in [2.05, 4.69) is 20.4 Å². The highest BCUT2D eigenvalue weighted by molar-refractivity contribution is 6.36. The molecule has 5 heterocycles. The number of hydrogen-bond donors (Lipinski definition) is 3. The third kappa shape index (κ3) is 7.61. The van der Waals surface area contributed by atoms with Crippen LogP contribution >= 0.6 is 11.6 Å². The van der Waals surface area contributed by atoms with Gasteiger partial charge in [-0.15, -0.1) is 0 Å². The molecule has 13 nitrogen and oxygen atoms in total. The zero-order valence-electron chi connectivity index (χ0n) is 32.4. The molecule has 1 saturated carbocycles. The minimum absolute atomic E-state index is 0.214. The number of amides is 2. The lowest BCUT2D eigenvalue weighted by Gasteiger charge is -2.36. The van der Waals surface area contributed by atoms with Gasteiger partial charge in [0.1, 0.15) is 0 Å². The highest BCUT2D eigenvalue weighted by Crippen LogP contribution is 2.38. The molecular formula is C42H51ClN8O5. The van der Waals surface area contributed by atoms with E-state index in [0.717, 1.165) is 130 Å². The Bertz CT molecular complexity index is 2150. The summed E-state index contributed by atoms with van der Waals surface area (Å²) in [6.45, 7) is 7.66. The smallest absolute Gasteiger partial charge is 0.306 e. The quantitative estimate of drug-likeness (QED) is 0.184. The maximum Gasteiger partial charge on any atom is 0.306 e. The van der Waals surface area contributed by atoms with Crippen LogP contribution in [0.3, 0.4) is 0 Å². The number of nitrogens with zero attached hydrogens (tertiary/aromatic N) is 6. The van der Waals surface area contributed by atoms with Crippen molar-refractivity contribution < 1.29 is 24.2 Å². The molecule has 2 aromatic heterocycles. The van der Waals surface area contributed by atoms with Gasteiger partial charge in [0.2, 0.25) is 0 Å². The summed E-state index contributed by atoms with van der Waals surface area (Å²) in [6, 6.07) is 11.7. The van der Waals surface area contributed by atoms with Gasteiger partial charge in [-0.05, 0) is 74.6 Å². The van der Waals surface area contributed by atoms with Crippen LogP contribution in [0, 0.1) is 18.8 Å². The molecule has 0 radical (unpaired) electrons. The van der Waals surface area contributed by atoms with E-state index in [-0.39, 0.29) is 17.7 Å². The fourth-order valence-corrected chi connectivity index (χ4v) is 9.54. The summed E-state index contributed by atoms with van der Waals surface area (Å²) in [5.74, 6) is -0.300. The fraction of sp³-hybridized carbons (Fsp3) is 0.500. The van der Waals surface area contributed by atoms with Gasteiger partial charge >= 0.3 is 5.97 Å². The molecule has 56 heavy (non-hydrogen) atoms. The summed E-state index contributed by atoms with van der Waals surface area (Å²) in [5, 5.41) is 15.9. The van der Waals surface area contributed by atoms with Gasteiger partial charge in [0, 0.05) is 102 Å². The highest BCUT2D eigenvalue weighted by Gasteiger charge is 2.32. The molecule has 8 rings (SSSR count). The molecule has 2 amide bonds. The SMILES string of the molecule is Cc1c(NC(=O)c2nc3c(n2C)CCN(C[C@H]2CC[C@H](C(=O)O)CC2)C3)cccc1-c1cccc(NC(=O)c2nc3c(n2C)CCN(C2CCOCC2)C3)c1Cl. The van der Waals surface area contributed by atoms with Crippen LogP contribution < -0.4 is 10.6 Å². The zero-order valence-corrected chi connectivity index (χ0v) is 33.2. The number of benzene rings is 2. The molecule has 0 unspecified atom stereocenters. The maximum atomic E-state index is 13.8. The van der Waals surface area contributed by atoms with Crippen molar-refractivity contribution in [1.29, 1.82) is 0 Å². The fourth-order valence-electron chi connectivity index (χ4n) is 9.27. The first-order chi connectivity index (χ1) is 27.0. The van der Waals surface area contributed by atoms with Crippen molar-refractivity contribution in [3.63, 3.8) is 0 Å². The Balaban J connectivity index is 0.937. The second-order valence-corrected chi connectivity index (χ2v) is 16.3. The highest BCUT2D eigenvalue weighted by atomic mass is 35.5. The summed E-state index contributed by atoms with van der Waals surface area (Å²) in [6.07, 6.45) is 7.03. The number of ether oxygens (including phenoxy) is 1. The standard InChI is InChI=1S/C42H51ClN8O5/c1-25-29(30-7-5-9-32(37(30)43)47-41(53)39-45-34-24-51(19-15-36(34)49(39)3)28-16-20-56-21-17-28)6-4-8-31(25)46-40(52)38-44-33-23-50(18-14-35(33)48(38)2)22-26-10-12-27(13-11-26)42(54)55/h4-9,26-28H,10-24H2,1-3H3,(H,46,52)(H,47,53)(H,54,55)/t26-,27-. The van der Waals surface area contributed by atoms with Gasteiger partial charge in [-0.1, -0.05) is 35.9 Å². The number of aromatic nitrogens is 4. The van der Waals surface area contributed by atoms with Crippen molar-refractivity contribution in [3.05, 3.63) is 81.4 Å². The number of fused-ring (bicyclic) bond motifs is 2. The molecule has 1 aliphatic carbocycles. The third-order valence-electron chi connectivity index (χ3n) is 12.6. The van der Waals surface area contributed by atoms with Crippen LogP contribution in [0.2, 0.25) is 5.02 Å². The van der Waals surface area contributed by atoms with Crippen LogP contribution in [0.1, 0.15) is 88.1 Å². The Morgan fingerprint density at radius 3 is 2.05 bits per heavy atom. The molecule has 1 saturated heterocycles. The largest absolute Gasteiger partial charge is 0.481 e. The van der Waals surface area contributed by atoms with Crippen molar-refractivity contribution >= 4 is 40.8 Å². The van der Waals surface area contributed by atoms with Gasteiger partial charge < -0.3 is 29.6 Å². The predicted molar refractivity (Wildman–Crippen MR) is 214 cm³/mol. The molecule has 3 N–H and O–H groups in total. The summed E-state index contributed by atoms with van der Waals surface area (Å²) < 4.78 is 9.38. The number of anilines is 2. The monoisotopic (exact) mass is 782 g/mol. The molecule has 2 fully saturated rings. The van der Waals surface area contributed by atoms with Crippen molar-refractivity contribution in [2.75, 3.05) is 43.5 Å². The van der Waals surface area contributed by atoms with Gasteiger partial charge in [-0.25, -0.2) is 9.97 Å². The number of imidazole rings is 2. The molecule has 2 aromatic carbocycles. The minimum Gasteiger partial charge on any atom is -0.481 e. The predicted octanol–water partition coefficient (Wildman–Crippen LogP) is 6.07. The molecule has 4 aromatic rings. The average molecular weight is 783 g/mol. The number of nitrogens with one attached hydrogen (secondary N) is 2. The van der Waals surface area contributed by atoms with Crippen LogP contribution in [-0.4, -0.2) is 90.7 Å². The molecule has 3 aliphatic heterocycles. The van der Waals surface area contributed by atoms with Crippen molar-refractivity contribution in [1.82, 2.24) is 28.9 Å². The molecule has 296 valence electrons. The summed E-state index contributed by atoms with van der Waals surface area (Å²) >= 11 is 7.03. The summed E-state index contributed by atoms with van der Waals surface area (Å²) in [4.78, 5) is 53.3. The van der Waals surface area contributed by atoms with Crippen LogP contribution in [0.5, 0.6) is 0 Å². The van der Waals surface area contributed by atoms with Gasteiger partial charge in [-0.3, -0.25) is 24.2 Å². The number of carbonyl (C=O) groups excluding carboxylic acids is 2. The molecule has 0 bridgehead atoms. The van der Waals surface area contributed by atoms with E-state index in [9.17, 15) is 19.5 Å². The molecular weight excluding hydrogens is 732 g/mol. The van der Waals surface area contributed by atoms with E-state index in [4.69, 9.17) is 26.3 Å². The minimum atomic E-state index is -0.677. The number of halogens is 1. The Morgan fingerprint density at radius 2 is 1.39 bits per heavy atom. The van der Waals surface area contributed by atoms with Gasteiger partial charge in [0.05, 0.1) is 28.0 Å². The summed E-state index contributed by atoms with van der Waals surface area (Å²) in [7, 11) is 3.80. The van der Waals surface area contributed by atoms with Crippen molar-refractivity contribution in [2.45, 2.75) is 77.4 Å². The average Bonchev–Trinajstić information content (AvgIpc) is 3.72. The van der Waals surface area contributed by atoms with Crippen LogP contribution in [0.4, 0.5) is 11.4 Å². The zero-order chi connectivity index (χ0) is 39.1. The molecule has 14 heteroatoms. The molecule has 4 aliphatic rings. The Labute approximate surface area is 332 Å². The van der Waals surface area contributed by atoms with Crippen molar-refractivity contribution in [3.8, 4) is 11.1 Å². The van der Waals surface area contributed by atoms with E-state index in [0.29, 0.717) is 46.6 Å². The number of aliphatic carboxylic acids is 1.